The lowest BCUT2D eigenvalue weighted by molar-refractivity contribution is -0.125. The van der Waals surface area contributed by atoms with E-state index >= 15 is 0 Å². The molecule has 0 aromatic carbocycles. The average molecular weight is 351 g/mol. The molecule has 1 aliphatic rings. The van der Waals surface area contributed by atoms with Gasteiger partial charge in [0, 0.05) is 25.3 Å². The van der Waals surface area contributed by atoms with Crippen LogP contribution in [0.4, 0.5) is 5.69 Å². The number of anilines is 1. The summed E-state index contributed by atoms with van der Waals surface area (Å²) in [6.45, 7) is 4.81. The molecule has 132 valence electrons. The smallest absolute Gasteiger partial charge is 0.340 e. The Bertz CT molecular complexity index is 1040. The number of hydrogen-bond acceptors (Lipinski definition) is 6. The molecule has 0 bridgehead atoms. The fraction of sp³-hybridized carbons (Fsp3) is 0.235. The van der Waals surface area contributed by atoms with Crippen LogP contribution in [0, 0.1) is 0 Å². The van der Waals surface area contributed by atoms with Gasteiger partial charge in [0.05, 0.1) is 11.2 Å². The SMILES string of the molecule is C=CC(=O)N1CCC(Nc2cc(-c3n[nH]c(=O)[nH]3)nc3cccnc23)C1. The molecule has 3 aromatic heterocycles. The van der Waals surface area contributed by atoms with E-state index in [1.165, 1.54) is 6.08 Å². The number of hydrogen-bond donors (Lipinski definition) is 3. The Morgan fingerprint density at radius 3 is 3.12 bits per heavy atom. The van der Waals surface area contributed by atoms with Gasteiger partial charge < -0.3 is 10.2 Å². The molecule has 1 unspecified atom stereocenters. The van der Waals surface area contributed by atoms with Gasteiger partial charge in [0.25, 0.3) is 0 Å². The first-order valence-electron chi connectivity index (χ1n) is 8.23. The van der Waals surface area contributed by atoms with Gasteiger partial charge in [-0.2, -0.15) is 5.10 Å². The fourth-order valence-corrected chi connectivity index (χ4v) is 3.11. The summed E-state index contributed by atoms with van der Waals surface area (Å²) in [5, 5.41) is 9.74. The Labute approximate surface area is 148 Å². The third-order valence-corrected chi connectivity index (χ3v) is 4.34. The van der Waals surface area contributed by atoms with Gasteiger partial charge in [-0.3, -0.25) is 14.8 Å². The van der Waals surface area contributed by atoms with E-state index in [-0.39, 0.29) is 11.9 Å². The molecule has 4 rings (SSSR count). The van der Waals surface area contributed by atoms with Gasteiger partial charge >= 0.3 is 5.69 Å². The number of aromatic nitrogens is 5. The van der Waals surface area contributed by atoms with Gasteiger partial charge in [-0.25, -0.2) is 14.9 Å². The third-order valence-electron chi connectivity index (χ3n) is 4.34. The Morgan fingerprint density at radius 1 is 1.46 bits per heavy atom. The molecule has 0 saturated carbocycles. The summed E-state index contributed by atoms with van der Waals surface area (Å²) in [5.41, 5.74) is 2.34. The molecule has 0 aliphatic carbocycles. The first-order valence-corrected chi connectivity index (χ1v) is 8.23. The van der Waals surface area contributed by atoms with Crippen molar-refractivity contribution in [1.29, 1.82) is 0 Å². The summed E-state index contributed by atoms with van der Waals surface area (Å²) < 4.78 is 0. The summed E-state index contributed by atoms with van der Waals surface area (Å²) in [4.78, 5) is 36.4. The number of rotatable bonds is 4. The van der Waals surface area contributed by atoms with Gasteiger partial charge in [0.1, 0.15) is 11.2 Å². The van der Waals surface area contributed by atoms with Crippen LogP contribution in [0.2, 0.25) is 0 Å². The van der Waals surface area contributed by atoms with E-state index in [1.54, 1.807) is 23.2 Å². The van der Waals surface area contributed by atoms with Gasteiger partial charge in [0.2, 0.25) is 5.91 Å². The van der Waals surface area contributed by atoms with Crippen LogP contribution in [0.1, 0.15) is 6.42 Å². The minimum Gasteiger partial charge on any atom is -0.379 e. The van der Waals surface area contributed by atoms with E-state index in [9.17, 15) is 9.59 Å². The van der Waals surface area contributed by atoms with Crippen molar-refractivity contribution < 1.29 is 4.79 Å². The molecule has 0 radical (unpaired) electrons. The zero-order chi connectivity index (χ0) is 18.1. The second kappa shape index (κ2) is 6.43. The van der Waals surface area contributed by atoms with Crippen molar-refractivity contribution in [2.45, 2.75) is 12.5 Å². The number of nitrogens with zero attached hydrogens (tertiary/aromatic N) is 4. The molecule has 4 heterocycles. The zero-order valence-corrected chi connectivity index (χ0v) is 13.9. The Kier molecular flexibility index (Phi) is 3.96. The van der Waals surface area contributed by atoms with Gasteiger partial charge in [-0.15, -0.1) is 0 Å². The summed E-state index contributed by atoms with van der Waals surface area (Å²) in [6, 6.07) is 5.55. The Balaban J connectivity index is 1.68. The molecular formula is C17H17N7O2. The number of carbonyl (C=O) groups is 1. The minimum atomic E-state index is -0.392. The lowest BCUT2D eigenvalue weighted by atomic mass is 10.2. The van der Waals surface area contributed by atoms with Crippen LogP contribution >= 0.6 is 0 Å². The summed E-state index contributed by atoms with van der Waals surface area (Å²) >= 11 is 0. The quantitative estimate of drug-likeness (QED) is 0.601. The number of fused-ring (bicyclic) bond motifs is 1. The van der Waals surface area contributed by atoms with Crippen LogP contribution in [0.25, 0.3) is 22.6 Å². The first-order chi connectivity index (χ1) is 12.6. The number of nitrogens with one attached hydrogen (secondary N) is 3. The maximum atomic E-state index is 11.8. The van der Waals surface area contributed by atoms with Gasteiger partial charge in [-0.05, 0) is 30.7 Å². The van der Waals surface area contributed by atoms with E-state index in [1.807, 2.05) is 6.07 Å². The standard InChI is InChI=1S/C17H17N7O2/c1-2-14(25)24-7-5-10(9-24)19-12-8-13(16-21-17(26)23-22-16)20-11-4-3-6-18-15(11)12/h2-4,6,8,10H,1,5,7,9H2,(H,19,20)(H2,21,22,23,26). The van der Waals surface area contributed by atoms with Crippen molar-refractivity contribution in [3.05, 3.63) is 47.5 Å². The molecule has 9 nitrogen and oxygen atoms in total. The number of likely N-dealkylation sites (tertiary alicyclic amines) is 1. The van der Waals surface area contributed by atoms with Crippen LogP contribution in [0.15, 0.2) is 41.8 Å². The summed E-state index contributed by atoms with van der Waals surface area (Å²) in [6.07, 6.45) is 3.86. The molecule has 1 saturated heterocycles. The lowest BCUT2D eigenvalue weighted by Gasteiger charge is -2.17. The molecule has 1 aliphatic heterocycles. The van der Waals surface area contributed by atoms with E-state index in [4.69, 9.17) is 0 Å². The molecule has 3 aromatic rings. The van der Waals surface area contributed by atoms with Crippen molar-refractivity contribution >= 4 is 22.6 Å². The number of carbonyl (C=O) groups excluding carboxylic acids is 1. The van der Waals surface area contributed by atoms with E-state index in [0.717, 1.165) is 17.6 Å². The third kappa shape index (κ3) is 2.94. The van der Waals surface area contributed by atoms with Crippen LogP contribution in [-0.4, -0.2) is 55.1 Å². The lowest BCUT2D eigenvalue weighted by Crippen LogP contribution is -2.30. The van der Waals surface area contributed by atoms with Crippen molar-refractivity contribution in [3.63, 3.8) is 0 Å². The number of pyridine rings is 2. The predicted octanol–water partition coefficient (Wildman–Crippen LogP) is 0.907. The van der Waals surface area contributed by atoms with Crippen LogP contribution in [0.3, 0.4) is 0 Å². The van der Waals surface area contributed by atoms with E-state index in [0.29, 0.717) is 30.1 Å². The largest absolute Gasteiger partial charge is 0.379 e. The number of aromatic amines is 2. The van der Waals surface area contributed by atoms with Crippen molar-refractivity contribution in [2.75, 3.05) is 18.4 Å². The Hall–Kier alpha value is -3.49. The van der Waals surface area contributed by atoms with Gasteiger partial charge in [0.15, 0.2) is 5.82 Å². The normalized spacial score (nSPS) is 16.8. The fourth-order valence-electron chi connectivity index (χ4n) is 3.11. The number of H-pyrrole nitrogens is 2. The van der Waals surface area contributed by atoms with Crippen molar-refractivity contribution in [2.24, 2.45) is 0 Å². The monoisotopic (exact) mass is 351 g/mol. The summed E-state index contributed by atoms with van der Waals surface area (Å²) in [5.74, 6) is 0.292. The highest BCUT2D eigenvalue weighted by atomic mass is 16.2. The number of amides is 1. The molecule has 26 heavy (non-hydrogen) atoms. The first kappa shape index (κ1) is 16.0. The maximum Gasteiger partial charge on any atom is 0.340 e. The van der Waals surface area contributed by atoms with E-state index in [2.05, 4.69) is 37.0 Å². The molecule has 9 heteroatoms. The predicted molar refractivity (Wildman–Crippen MR) is 96.5 cm³/mol. The molecule has 0 spiro atoms. The summed E-state index contributed by atoms with van der Waals surface area (Å²) in [7, 11) is 0. The molecule has 1 atom stereocenters. The molecular weight excluding hydrogens is 334 g/mol. The van der Waals surface area contributed by atoms with E-state index < -0.39 is 5.69 Å². The van der Waals surface area contributed by atoms with Crippen LogP contribution in [0.5, 0.6) is 0 Å². The Morgan fingerprint density at radius 2 is 2.35 bits per heavy atom. The highest BCUT2D eigenvalue weighted by Crippen LogP contribution is 2.26. The van der Waals surface area contributed by atoms with Gasteiger partial charge in [-0.1, -0.05) is 6.58 Å². The molecule has 1 fully saturated rings. The van der Waals surface area contributed by atoms with Crippen LogP contribution < -0.4 is 11.0 Å². The molecule has 3 N–H and O–H groups in total. The topological polar surface area (TPSA) is 120 Å². The van der Waals surface area contributed by atoms with Crippen molar-refractivity contribution in [1.82, 2.24) is 30.0 Å². The second-order valence-electron chi connectivity index (χ2n) is 6.07. The van der Waals surface area contributed by atoms with Crippen molar-refractivity contribution in [3.8, 4) is 11.5 Å². The highest BCUT2D eigenvalue weighted by molar-refractivity contribution is 5.90. The zero-order valence-electron chi connectivity index (χ0n) is 13.9. The second-order valence-corrected chi connectivity index (χ2v) is 6.07. The minimum absolute atomic E-state index is 0.0678. The van der Waals surface area contributed by atoms with Crippen LogP contribution in [-0.2, 0) is 4.79 Å². The molecule has 1 amide bonds. The average Bonchev–Trinajstić information content (AvgIpc) is 3.30. The highest BCUT2D eigenvalue weighted by Gasteiger charge is 2.25. The maximum absolute atomic E-state index is 11.8.